The van der Waals surface area contributed by atoms with E-state index in [0.717, 1.165) is 45.4 Å². The van der Waals surface area contributed by atoms with E-state index in [9.17, 15) is 4.79 Å². The molecule has 3 rings (SSSR count). The normalized spacial score (nSPS) is 22.4. The van der Waals surface area contributed by atoms with Gasteiger partial charge >= 0.3 is 0 Å². The van der Waals surface area contributed by atoms with Crippen molar-refractivity contribution in [2.24, 2.45) is 5.92 Å². The van der Waals surface area contributed by atoms with Crippen molar-refractivity contribution in [2.75, 3.05) is 31.1 Å². The van der Waals surface area contributed by atoms with Crippen LogP contribution >= 0.6 is 0 Å². The van der Waals surface area contributed by atoms with E-state index in [4.69, 9.17) is 0 Å². The number of anilines is 1. The zero-order chi connectivity index (χ0) is 14.7. The molecule has 1 aromatic rings. The first-order valence-electron chi connectivity index (χ1n) is 7.99. The van der Waals surface area contributed by atoms with E-state index in [1.165, 1.54) is 11.3 Å². The summed E-state index contributed by atoms with van der Waals surface area (Å²) in [4.78, 5) is 17.0. The number of aryl methyl sites for hydroxylation is 1. The van der Waals surface area contributed by atoms with Crippen LogP contribution in [0, 0.1) is 12.8 Å². The molecule has 0 saturated carbocycles. The van der Waals surface area contributed by atoms with Crippen LogP contribution in [0.4, 0.5) is 5.69 Å². The van der Waals surface area contributed by atoms with Gasteiger partial charge in [-0.05, 0) is 43.9 Å². The molecule has 1 atom stereocenters. The summed E-state index contributed by atoms with van der Waals surface area (Å²) in [5, 5.41) is 0. The first-order chi connectivity index (χ1) is 10.2. The Bertz CT molecular complexity index is 530. The number of carbonyl (C=O) groups is 1. The fourth-order valence-corrected chi connectivity index (χ4v) is 3.29. The minimum atomic E-state index is 0.223. The molecular weight excluding hydrogens is 260 g/mol. The standard InChI is InChI=1S/C18H24N2O/c1-15-6-5-9-17(14-15)19-10-12-20(13-11-19)18(21)16-7-3-2-4-8-16/h2-3,5-6,9,14,16H,4,7-8,10-13H2,1H3. The molecule has 0 radical (unpaired) electrons. The molecule has 1 fully saturated rings. The van der Waals surface area contributed by atoms with Crippen molar-refractivity contribution in [1.29, 1.82) is 0 Å². The van der Waals surface area contributed by atoms with Crippen molar-refractivity contribution < 1.29 is 4.79 Å². The Morgan fingerprint density at radius 3 is 2.62 bits per heavy atom. The van der Waals surface area contributed by atoms with Gasteiger partial charge in [-0.3, -0.25) is 4.79 Å². The molecule has 1 aromatic carbocycles. The van der Waals surface area contributed by atoms with Gasteiger partial charge in [-0.2, -0.15) is 0 Å². The zero-order valence-electron chi connectivity index (χ0n) is 12.8. The summed E-state index contributed by atoms with van der Waals surface area (Å²) in [6.07, 6.45) is 7.36. The van der Waals surface area contributed by atoms with Gasteiger partial charge in [-0.1, -0.05) is 24.3 Å². The Kier molecular flexibility index (Phi) is 4.28. The predicted octanol–water partition coefficient (Wildman–Crippen LogP) is 3.00. The third kappa shape index (κ3) is 3.29. The van der Waals surface area contributed by atoms with E-state index in [1.54, 1.807) is 0 Å². The topological polar surface area (TPSA) is 23.6 Å². The number of piperazine rings is 1. The highest BCUT2D eigenvalue weighted by molar-refractivity contribution is 5.79. The minimum Gasteiger partial charge on any atom is -0.368 e. The maximum atomic E-state index is 12.5. The molecule has 3 nitrogen and oxygen atoms in total. The number of amides is 1. The van der Waals surface area contributed by atoms with Crippen molar-refractivity contribution in [3.05, 3.63) is 42.0 Å². The summed E-state index contributed by atoms with van der Waals surface area (Å²) in [7, 11) is 0. The fourth-order valence-electron chi connectivity index (χ4n) is 3.29. The molecule has 1 aliphatic heterocycles. The second-order valence-corrected chi connectivity index (χ2v) is 6.13. The highest BCUT2D eigenvalue weighted by Gasteiger charge is 2.27. The molecular formula is C18H24N2O. The second-order valence-electron chi connectivity index (χ2n) is 6.13. The largest absolute Gasteiger partial charge is 0.368 e. The Labute approximate surface area is 127 Å². The van der Waals surface area contributed by atoms with Gasteiger partial charge in [-0.25, -0.2) is 0 Å². The first-order valence-corrected chi connectivity index (χ1v) is 7.99. The average Bonchev–Trinajstić information content (AvgIpc) is 2.55. The molecule has 112 valence electrons. The van der Waals surface area contributed by atoms with Crippen LogP contribution in [0.1, 0.15) is 24.8 Å². The lowest BCUT2D eigenvalue weighted by molar-refractivity contribution is -0.136. The lowest BCUT2D eigenvalue weighted by Crippen LogP contribution is -2.50. The quantitative estimate of drug-likeness (QED) is 0.779. The van der Waals surface area contributed by atoms with Gasteiger partial charge in [0.15, 0.2) is 0 Å². The summed E-state index contributed by atoms with van der Waals surface area (Å²) in [5.74, 6) is 0.587. The highest BCUT2D eigenvalue weighted by Crippen LogP contribution is 2.23. The maximum Gasteiger partial charge on any atom is 0.226 e. The van der Waals surface area contributed by atoms with Crippen LogP contribution in [0.3, 0.4) is 0 Å². The number of nitrogens with zero attached hydrogens (tertiary/aromatic N) is 2. The van der Waals surface area contributed by atoms with Crippen LogP contribution < -0.4 is 4.90 Å². The van der Waals surface area contributed by atoms with Crippen molar-refractivity contribution in [3.63, 3.8) is 0 Å². The van der Waals surface area contributed by atoms with Crippen LogP contribution in [-0.4, -0.2) is 37.0 Å². The molecule has 1 heterocycles. The number of benzene rings is 1. The van der Waals surface area contributed by atoms with E-state index in [-0.39, 0.29) is 5.92 Å². The molecule has 1 amide bonds. The van der Waals surface area contributed by atoms with E-state index >= 15 is 0 Å². The molecule has 0 N–H and O–H groups in total. The van der Waals surface area contributed by atoms with Crippen LogP contribution in [-0.2, 0) is 4.79 Å². The zero-order valence-corrected chi connectivity index (χ0v) is 12.8. The Hall–Kier alpha value is -1.77. The van der Waals surface area contributed by atoms with E-state index in [1.807, 2.05) is 0 Å². The van der Waals surface area contributed by atoms with Crippen LogP contribution in [0.25, 0.3) is 0 Å². The van der Waals surface area contributed by atoms with Crippen LogP contribution in [0.5, 0.6) is 0 Å². The van der Waals surface area contributed by atoms with Crippen LogP contribution in [0.15, 0.2) is 36.4 Å². The van der Waals surface area contributed by atoms with Gasteiger partial charge < -0.3 is 9.80 Å². The second kappa shape index (κ2) is 6.33. The first kappa shape index (κ1) is 14.2. The molecule has 3 heteroatoms. The van der Waals surface area contributed by atoms with Gasteiger partial charge in [0.05, 0.1) is 0 Å². The van der Waals surface area contributed by atoms with Crippen molar-refractivity contribution >= 4 is 11.6 Å². The molecule has 0 bridgehead atoms. The molecule has 1 saturated heterocycles. The van der Waals surface area contributed by atoms with Gasteiger partial charge in [0, 0.05) is 37.8 Å². The lowest BCUT2D eigenvalue weighted by Gasteiger charge is -2.38. The van der Waals surface area contributed by atoms with Crippen LogP contribution in [0.2, 0.25) is 0 Å². The fraction of sp³-hybridized carbons (Fsp3) is 0.500. The third-order valence-electron chi connectivity index (χ3n) is 4.58. The van der Waals surface area contributed by atoms with E-state index in [0.29, 0.717) is 5.91 Å². The number of rotatable bonds is 2. The number of carbonyl (C=O) groups excluding carboxylic acids is 1. The summed E-state index contributed by atoms with van der Waals surface area (Å²) < 4.78 is 0. The van der Waals surface area contributed by atoms with Gasteiger partial charge in [0.25, 0.3) is 0 Å². The maximum absolute atomic E-state index is 12.5. The summed E-state index contributed by atoms with van der Waals surface area (Å²) >= 11 is 0. The molecule has 1 aliphatic carbocycles. The highest BCUT2D eigenvalue weighted by atomic mass is 16.2. The Balaban J connectivity index is 1.57. The summed E-state index contributed by atoms with van der Waals surface area (Å²) in [6.45, 7) is 5.72. The van der Waals surface area contributed by atoms with Gasteiger partial charge in [0.2, 0.25) is 5.91 Å². The lowest BCUT2D eigenvalue weighted by atomic mass is 9.93. The smallest absolute Gasteiger partial charge is 0.226 e. The Morgan fingerprint density at radius 2 is 1.95 bits per heavy atom. The minimum absolute atomic E-state index is 0.223. The average molecular weight is 284 g/mol. The molecule has 1 unspecified atom stereocenters. The van der Waals surface area contributed by atoms with Gasteiger partial charge in [0.1, 0.15) is 0 Å². The Morgan fingerprint density at radius 1 is 1.14 bits per heavy atom. The number of hydrogen-bond donors (Lipinski definition) is 0. The molecule has 0 aromatic heterocycles. The number of hydrogen-bond acceptors (Lipinski definition) is 2. The molecule has 2 aliphatic rings. The van der Waals surface area contributed by atoms with E-state index in [2.05, 4.69) is 53.1 Å². The van der Waals surface area contributed by atoms with Gasteiger partial charge in [-0.15, -0.1) is 0 Å². The molecule has 0 spiro atoms. The van der Waals surface area contributed by atoms with Crippen molar-refractivity contribution in [2.45, 2.75) is 26.2 Å². The summed E-state index contributed by atoms with van der Waals surface area (Å²) in [6, 6.07) is 8.62. The van der Waals surface area contributed by atoms with Crippen molar-refractivity contribution in [3.8, 4) is 0 Å². The molecule has 21 heavy (non-hydrogen) atoms. The number of allylic oxidation sites excluding steroid dienone is 2. The van der Waals surface area contributed by atoms with Crippen molar-refractivity contribution in [1.82, 2.24) is 4.90 Å². The summed E-state index contributed by atoms with van der Waals surface area (Å²) in [5.41, 5.74) is 2.57. The predicted molar refractivity (Wildman–Crippen MR) is 86.5 cm³/mol. The third-order valence-corrected chi connectivity index (χ3v) is 4.58. The van der Waals surface area contributed by atoms with E-state index < -0.39 is 0 Å². The SMILES string of the molecule is Cc1cccc(N2CCN(C(=O)C3CC=CCC3)CC2)c1. The monoisotopic (exact) mass is 284 g/mol.